The number of nitrogen functional groups attached to an aromatic ring is 1. The molecule has 7 heteroatoms. The fraction of sp³-hybridized carbons (Fsp3) is 0.625. The van der Waals surface area contributed by atoms with Gasteiger partial charge in [-0.15, -0.1) is 0 Å². The standard InChI is InChI=1S/C8H13F2N3OS/c1-5-7(11)12-15-8(5)13(2-3-14)4-6(9)10/h6,14H,2-4H2,1H3,(H2,11,12). The smallest absolute Gasteiger partial charge is 0.255 e. The summed E-state index contributed by atoms with van der Waals surface area (Å²) in [6.07, 6.45) is -2.45. The fourth-order valence-electron chi connectivity index (χ4n) is 1.20. The Morgan fingerprint density at radius 2 is 2.27 bits per heavy atom. The van der Waals surface area contributed by atoms with E-state index < -0.39 is 13.0 Å². The number of anilines is 2. The van der Waals surface area contributed by atoms with Crippen LogP contribution in [-0.4, -0.2) is 35.6 Å². The van der Waals surface area contributed by atoms with E-state index in [-0.39, 0.29) is 13.2 Å². The maximum Gasteiger partial charge on any atom is 0.255 e. The zero-order valence-electron chi connectivity index (χ0n) is 8.28. The first-order chi connectivity index (χ1) is 7.06. The third-order valence-corrected chi connectivity index (χ3v) is 2.98. The van der Waals surface area contributed by atoms with E-state index in [1.807, 2.05) is 0 Å². The van der Waals surface area contributed by atoms with Crippen LogP contribution in [-0.2, 0) is 0 Å². The molecular formula is C8H13F2N3OS. The van der Waals surface area contributed by atoms with Crippen LogP contribution >= 0.6 is 11.5 Å². The largest absolute Gasteiger partial charge is 0.395 e. The average Bonchev–Trinajstić information content (AvgIpc) is 2.46. The molecule has 0 saturated carbocycles. The second kappa shape index (κ2) is 5.22. The Hall–Kier alpha value is -0.950. The molecule has 86 valence electrons. The van der Waals surface area contributed by atoms with Crippen molar-refractivity contribution in [2.45, 2.75) is 13.3 Å². The highest BCUT2D eigenvalue weighted by molar-refractivity contribution is 7.10. The normalized spacial score (nSPS) is 11.0. The van der Waals surface area contributed by atoms with Crippen molar-refractivity contribution in [2.75, 3.05) is 30.3 Å². The van der Waals surface area contributed by atoms with E-state index in [2.05, 4.69) is 4.37 Å². The third-order valence-electron chi connectivity index (χ3n) is 1.95. The van der Waals surface area contributed by atoms with Crippen molar-refractivity contribution in [1.29, 1.82) is 0 Å². The van der Waals surface area contributed by atoms with Crippen molar-refractivity contribution in [1.82, 2.24) is 4.37 Å². The van der Waals surface area contributed by atoms with E-state index in [0.29, 0.717) is 16.4 Å². The van der Waals surface area contributed by atoms with Crippen LogP contribution in [0.2, 0.25) is 0 Å². The van der Waals surface area contributed by atoms with Crippen molar-refractivity contribution in [3.63, 3.8) is 0 Å². The highest BCUT2D eigenvalue weighted by Crippen LogP contribution is 2.29. The highest BCUT2D eigenvalue weighted by Gasteiger charge is 2.17. The minimum Gasteiger partial charge on any atom is -0.395 e. The molecule has 0 unspecified atom stereocenters. The summed E-state index contributed by atoms with van der Waals surface area (Å²) in [5.74, 6) is 0.354. The maximum absolute atomic E-state index is 12.3. The summed E-state index contributed by atoms with van der Waals surface area (Å²) < 4.78 is 28.4. The predicted octanol–water partition coefficient (Wildman–Crippen LogP) is 1.10. The molecule has 0 aliphatic rings. The van der Waals surface area contributed by atoms with Gasteiger partial charge in [0.2, 0.25) is 0 Å². The molecule has 1 rings (SSSR count). The van der Waals surface area contributed by atoms with Gasteiger partial charge in [0.05, 0.1) is 13.2 Å². The molecule has 1 aromatic heterocycles. The molecule has 15 heavy (non-hydrogen) atoms. The number of nitrogens with zero attached hydrogens (tertiary/aromatic N) is 2. The van der Waals surface area contributed by atoms with Crippen LogP contribution < -0.4 is 10.6 Å². The van der Waals surface area contributed by atoms with Gasteiger partial charge < -0.3 is 15.7 Å². The summed E-state index contributed by atoms with van der Waals surface area (Å²) >= 11 is 1.07. The Labute approximate surface area is 90.5 Å². The number of aromatic nitrogens is 1. The molecule has 0 radical (unpaired) electrons. The zero-order valence-corrected chi connectivity index (χ0v) is 9.10. The van der Waals surface area contributed by atoms with Gasteiger partial charge in [0.25, 0.3) is 6.43 Å². The number of nitrogens with two attached hydrogens (primary N) is 1. The van der Waals surface area contributed by atoms with Crippen LogP contribution in [0, 0.1) is 6.92 Å². The molecule has 0 fully saturated rings. The number of halogens is 2. The lowest BCUT2D eigenvalue weighted by Crippen LogP contribution is -2.31. The van der Waals surface area contributed by atoms with Gasteiger partial charge in [0.15, 0.2) is 0 Å². The minimum absolute atomic E-state index is 0.160. The number of alkyl halides is 2. The summed E-state index contributed by atoms with van der Waals surface area (Å²) in [7, 11) is 0. The maximum atomic E-state index is 12.3. The van der Waals surface area contributed by atoms with Gasteiger partial charge in [-0.2, -0.15) is 4.37 Å². The van der Waals surface area contributed by atoms with Gasteiger partial charge in [-0.3, -0.25) is 0 Å². The molecular weight excluding hydrogens is 224 g/mol. The first kappa shape index (κ1) is 12.1. The Balaban J connectivity index is 2.83. The predicted molar refractivity (Wildman–Crippen MR) is 56.6 cm³/mol. The second-order valence-electron chi connectivity index (χ2n) is 3.06. The lowest BCUT2D eigenvalue weighted by Gasteiger charge is -2.21. The van der Waals surface area contributed by atoms with E-state index >= 15 is 0 Å². The molecule has 1 heterocycles. The number of aliphatic hydroxyl groups is 1. The monoisotopic (exact) mass is 237 g/mol. The molecule has 4 nitrogen and oxygen atoms in total. The van der Waals surface area contributed by atoms with Crippen LogP contribution in [0.1, 0.15) is 5.56 Å². The summed E-state index contributed by atoms with van der Waals surface area (Å²) in [6, 6.07) is 0. The van der Waals surface area contributed by atoms with Gasteiger partial charge in [-0.1, -0.05) is 0 Å². The van der Waals surface area contributed by atoms with Gasteiger partial charge in [0, 0.05) is 12.1 Å². The number of aliphatic hydroxyl groups excluding tert-OH is 1. The van der Waals surface area contributed by atoms with Crippen molar-refractivity contribution in [3.8, 4) is 0 Å². The second-order valence-corrected chi connectivity index (χ2v) is 3.81. The Kier molecular flexibility index (Phi) is 4.22. The number of rotatable bonds is 5. The zero-order chi connectivity index (χ0) is 11.4. The van der Waals surface area contributed by atoms with Gasteiger partial charge in [-0.25, -0.2) is 8.78 Å². The van der Waals surface area contributed by atoms with Crippen LogP contribution in [0.15, 0.2) is 0 Å². The summed E-state index contributed by atoms with van der Waals surface area (Å²) in [6.45, 7) is 1.30. The van der Waals surface area contributed by atoms with Gasteiger partial charge in [-0.05, 0) is 18.5 Å². The Morgan fingerprint density at radius 1 is 1.60 bits per heavy atom. The van der Waals surface area contributed by atoms with Crippen molar-refractivity contribution >= 4 is 22.4 Å². The fourth-order valence-corrected chi connectivity index (χ4v) is 2.04. The van der Waals surface area contributed by atoms with Crippen molar-refractivity contribution < 1.29 is 13.9 Å². The van der Waals surface area contributed by atoms with Gasteiger partial charge >= 0.3 is 0 Å². The first-order valence-electron chi connectivity index (χ1n) is 4.42. The molecule has 0 saturated heterocycles. The Morgan fingerprint density at radius 3 is 2.67 bits per heavy atom. The quantitative estimate of drug-likeness (QED) is 0.805. The third kappa shape index (κ3) is 3.00. The molecule has 0 bridgehead atoms. The molecule has 0 aliphatic carbocycles. The van der Waals surface area contributed by atoms with E-state index in [4.69, 9.17) is 10.8 Å². The van der Waals surface area contributed by atoms with E-state index in [1.54, 1.807) is 6.92 Å². The molecule has 0 atom stereocenters. The van der Waals surface area contributed by atoms with E-state index in [9.17, 15) is 8.78 Å². The van der Waals surface area contributed by atoms with Crippen molar-refractivity contribution in [2.24, 2.45) is 0 Å². The molecule has 0 spiro atoms. The Bertz CT molecular complexity index is 319. The van der Waals surface area contributed by atoms with Crippen LogP contribution in [0.4, 0.5) is 19.6 Å². The van der Waals surface area contributed by atoms with E-state index in [1.165, 1.54) is 4.90 Å². The lowest BCUT2D eigenvalue weighted by atomic mass is 10.3. The highest BCUT2D eigenvalue weighted by atomic mass is 32.1. The molecule has 0 amide bonds. The first-order valence-corrected chi connectivity index (χ1v) is 5.19. The number of hydrogen-bond acceptors (Lipinski definition) is 5. The topological polar surface area (TPSA) is 62.4 Å². The van der Waals surface area contributed by atoms with Gasteiger partial charge in [0.1, 0.15) is 10.8 Å². The average molecular weight is 237 g/mol. The summed E-state index contributed by atoms with van der Waals surface area (Å²) in [5, 5.41) is 9.37. The summed E-state index contributed by atoms with van der Waals surface area (Å²) in [5.41, 5.74) is 6.22. The molecule has 0 aliphatic heterocycles. The molecule has 3 N–H and O–H groups in total. The summed E-state index contributed by atoms with van der Waals surface area (Å²) in [4.78, 5) is 1.40. The minimum atomic E-state index is -2.45. The van der Waals surface area contributed by atoms with E-state index in [0.717, 1.165) is 11.5 Å². The van der Waals surface area contributed by atoms with Crippen molar-refractivity contribution in [3.05, 3.63) is 5.56 Å². The van der Waals surface area contributed by atoms with Crippen LogP contribution in [0.3, 0.4) is 0 Å². The van der Waals surface area contributed by atoms with Crippen LogP contribution in [0.25, 0.3) is 0 Å². The lowest BCUT2D eigenvalue weighted by molar-refractivity contribution is 0.153. The molecule has 0 aromatic carbocycles. The SMILES string of the molecule is Cc1c(N)nsc1N(CCO)CC(F)F. The number of hydrogen-bond donors (Lipinski definition) is 2. The molecule has 1 aromatic rings. The van der Waals surface area contributed by atoms with Crippen LogP contribution in [0.5, 0.6) is 0 Å².